The number of nitrogens with one attached hydrogen (secondary N) is 2. The van der Waals surface area contributed by atoms with E-state index in [-0.39, 0.29) is 10.4 Å². The molecule has 1 aromatic carbocycles. The summed E-state index contributed by atoms with van der Waals surface area (Å²) in [5, 5.41) is 3.76. The Morgan fingerprint density at radius 1 is 1.26 bits per heavy atom. The topological polar surface area (TPSA) is 78.5 Å². The monoisotopic (exact) mass is 353 g/mol. The number of hydrogen-bond acceptors (Lipinski definition) is 4. The molecule has 1 amide bonds. The SMILES string of the molecule is CC(=O)NS(=O)(=O)c1ccc(N2C(=S)NC(C)(C)C=C2C)cc1. The molecule has 2 N–H and O–H groups in total. The van der Waals surface area contributed by atoms with Crippen LogP contribution >= 0.6 is 12.2 Å². The molecule has 0 spiro atoms. The Morgan fingerprint density at radius 2 is 1.83 bits per heavy atom. The number of thiocarbonyl (C=S) groups is 1. The second-order valence-electron chi connectivity index (χ2n) is 5.93. The minimum absolute atomic E-state index is 0.0225. The van der Waals surface area contributed by atoms with E-state index in [0.717, 1.165) is 18.3 Å². The molecule has 124 valence electrons. The summed E-state index contributed by atoms with van der Waals surface area (Å²) < 4.78 is 25.8. The van der Waals surface area contributed by atoms with Gasteiger partial charge in [-0.15, -0.1) is 0 Å². The van der Waals surface area contributed by atoms with E-state index in [9.17, 15) is 13.2 Å². The van der Waals surface area contributed by atoms with Gasteiger partial charge in [0.15, 0.2) is 5.11 Å². The number of rotatable bonds is 3. The third kappa shape index (κ3) is 3.89. The van der Waals surface area contributed by atoms with Crippen molar-refractivity contribution in [2.45, 2.75) is 38.1 Å². The highest BCUT2D eigenvalue weighted by atomic mass is 32.2. The molecule has 1 aliphatic heterocycles. The molecule has 6 nitrogen and oxygen atoms in total. The fourth-order valence-corrected chi connectivity index (χ4v) is 3.96. The lowest BCUT2D eigenvalue weighted by atomic mass is 10.0. The van der Waals surface area contributed by atoms with Crippen molar-refractivity contribution < 1.29 is 13.2 Å². The van der Waals surface area contributed by atoms with Crippen LogP contribution in [0.5, 0.6) is 0 Å². The van der Waals surface area contributed by atoms with Gasteiger partial charge in [-0.3, -0.25) is 9.69 Å². The fourth-order valence-electron chi connectivity index (χ4n) is 2.46. The first kappa shape index (κ1) is 17.4. The minimum Gasteiger partial charge on any atom is -0.354 e. The number of anilines is 1. The molecule has 1 aromatic rings. The van der Waals surface area contributed by atoms with E-state index in [4.69, 9.17) is 12.2 Å². The summed E-state index contributed by atoms with van der Waals surface area (Å²) in [6, 6.07) is 6.18. The lowest BCUT2D eigenvalue weighted by Crippen LogP contribution is -2.53. The zero-order chi connectivity index (χ0) is 17.4. The van der Waals surface area contributed by atoms with Crippen molar-refractivity contribution in [3.63, 3.8) is 0 Å². The third-order valence-corrected chi connectivity index (χ3v) is 4.97. The van der Waals surface area contributed by atoms with Crippen molar-refractivity contribution in [1.82, 2.24) is 10.0 Å². The van der Waals surface area contributed by atoms with Gasteiger partial charge in [0, 0.05) is 18.3 Å². The Hall–Kier alpha value is -1.93. The van der Waals surface area contributed by atoms with Crippen LogP contribution in [0.1, 0.15) is 27.7 Å². The first-order chi connectivity index (χ1) is 10.5. The maximum Gasteiger partial charge on any atom is 0.264 e. The Balaban J connectivity index is 2.34. The molecule has 0 radical (unpaired) electrons. The van der Waals surface area contributed by atoms with E-state index in [2.05, 4.69) is 5.32 Å². The normalized spacial score (nSPS) is 17.3. The summed E-state index contributed by atoms with van der Waals surface area (Å²) in [4.78, 5) is 12.8. The van der Waals surface area contributed by atoms with Gasteiger partial charge >= 0.3 is 0 Å². The van der Waals surface area contributed by atoms with Gasteiger partial charge in [0.1, 0.15) is 0 Å². The van der Waals surface area contributed by atoms with Crippen LogP contribution in [-0.4, -0.2) is 25.0 Å². The van der Waals surface area contributed by atoms with Crippen LogP contribution in [0.2, 0.25) is 0 Å². The summed E-state index contributed by atoms with van der Waals surface area (Å²) in [5.74, 6) is -0.628. The number of sulfonamides is 1. The average Bonchev–Trinajstić information content (AvgIpc) is 2.35. The summed E-state index contributed by atoms with van der Waals surface area (Å²) in [6.45, 7) is 7.13. The molecule has 2 rings (SSSR count). The number of carbonyl (C=O) groups excluding carboxylic acids is 1. The predicted molar refractivity (Wildman–Crippen MR) is 93.5 cm³/mol. The van der Waals surface area contributed by atoms with Gasteiger partial charge in [0.25, 0.3) is 10.0 Å². The van der Waals surface area contributed by atoms with Crippen molar-refractivity contribution in [3.05, 3.63) is 36.0 Å². The maximum absolute atomic E-state index is 11.9. The lowest BCUT2D eigenvalue weighted by Gasteiger charge is -2.38. The van der Waals surface area contributed by atoms with Crippen LogP contribution in [-0.2, 0) is 14.8 Å². The van der Waals surface area contributed by atoms with Gasteiger partial charge in [-0.2, -0.15) is 0 Å². The Kier molecular flexibility index (Phi) is 4.50. The van der Waals surface area contributed by atoms with Gasteiger partial charge in [0.2, 0.25) is 5.91 Å². The zero-order valence-electron chi connectivity index (χ0n) is 13.4. The summed E-state index contributed by atoms with van der Waals surface area (Å²) in [7, 11) is -3.83. The highest BCUT2D eigenvalue weighted by molar-refractivity contribution is 7.90. The Morgan fingerprint density at radius 3 is 2.30 bits per heavy atom. The molecule has 8 heteroatoms. The molecule has 0 aliphatic carbocycles. The Labute approximate surface area is 141 Å². The summed E-state index contributed by atoms with van der Waals surface area (Å²) >= 11 is 5.40. The molecule has 1 heterocycles. The third-order valence-electron chi connectivity index (χ3n) is 3.24. The fraction of sp³-hybridized carbons (Fsp3) is 0.333. The van der Waals surface area contributed by atoms with E-state index in [0.29, 0.717) is 5.11 Å². The number of allylic oxidation sites excluding steroid dienone is 1. The lowest BCUT2D eigenvalue weighted by molar-refractivity contribution is -0.117. The van der Waals surface area contributed by atoms with Crippen LogP contribution in [0.3, 0.4) is 0 Å². The second kappa shape index (κ2) is 5.93. The maximum atomic E-state index is 11.9. The zero-order valence-corrected chi connectivity index (χ0v) is 15.0. The van der Waals surface area contributed by atoms with Gasteiger partial charge in [-0.25, -0.2) is 13.1 Å². The molecule has 0 fully saturated rings. The second-order valence-corrected chi connectivity index (χ2v) is 8.00. The van der Waals surface area contributed by atoms with E-state index >= 15 is 0 Å². The predicted octanol–water partition coefficient (Wildman–Crippen LogP) is 1.89. The van der Waals surface area contributed by atoms with Crippen LogP contribution in [0.25, 0.3) is 0 Å². The van der Waals surface area contributed by atoms with E-state index in [1.54, 1.807) is 12.1 Å². The Bertz CT molecular complexity index is 781. The van der Waals surface area contributed by atoms with Gasteiger partial charge in [-0.1, -0.05) is 0 Å². The number of benzene rings is 1. The largest absolute Gasteiger partial charge is 0.354 e. The molecular formula is C15H19N3O3S2. The first-order valence-corrected chi connectivity index (χ1v) is 8.86. The van der Waals surface area contributed by atoms with Crippen LogP contribution < -0.4 is 14.9 Å². The summed E-state index contributed by atoms with van der Waals surface area (Å²) in [5.41, 5.74) is 1.47. The number of nitrogens with zero attached hydrogens (tertiary/aromatic N) is 1. The molecule has 0 bridgehead atoms. The molecule has 1 aliphatic rings. The molecule has 0 saturated carbocycles. The van der Waals surface area contributed by atoms with Crippen LogP contribution in [0, 0.1) is 0 Å². The molecule has 23 heavy (non-hydrogen) atoms. The quantitative estimate of drug-likeness (QED) is 0.808. The number of amides is 1. The number of carbonyl (C=O) groups is 1. The summed E-state index contributed by atoms with van der Waals surface area (Å²) in [6.07, 6.45) is 2.05. The highest BCUT2D eigenvalue weighted by Gasteiger charge is 2.27. The molecule has 0 atom stereocenters. The first-order valence-electron chi connectivity index (χ1n) is 6.97. The van der Waals surface area contributed by atoms with E-state index in [1.807, 2.05) is 36.5 Å². The van der Waals surface area contributed by atoms with Crippen molar-refractivity contribution in [3.8, 4) is 0 Å². The van der Waals surface area contributed by atoms with Crippen molar-refractivity contribution in [2.24, 2.45) is 0 Å². The van der Waals surface area contributed by atoms with Crippen molar-refractivity contribution >= 4 is 38.9 Å². The molecule has 0 aromatic heterocycles. The van der Waals surface area contributed by atoms with Crippen molar-refractivity contribution in [2.75, 3.05) is 4.90 Å². The van der Waals surface area contributed by atoms with Crippen molar-refractivity contribution in [1.29, 1.82) is 0 Å². The smallest absolute Gasteiger partial charge is 0.264 e. The van der Waals surface area contributed by atoms with E-state index < -0.39 is 15.9 Å². The van der Waals surface area contributed by atoms with Gasteiger partial charge in [0.05, 0.1) is 10.4 Å². The standard InChI is InChI=1S/C15H19N3O3S2/c1-10-9-15(3,4)16-14(22)18(10)12-5-7-13(8-6-12)23(20,21)17-11(2)19/h5-9H,1-4H3,(H,16,22)(H,17,19). The van der Waals surface area contributed by atoms with Crippen LogP contribution in [0.4, 0.5) is 5.69 Å². The minimum atomic E-state index is -3.83. The van der Waals surface area contributed by atoms with E-state index in [1.165, 1.54) is 12.1 Å². The highest BCUT2D eigenvalue weighted by Crippen LogP contribution is 2.26. The van der Waals surface area contributed by atoms with Gasteiger partial charge in [-0.05, 0) is 63.3 Å². The van der Waals surface area contributed by atoms with Crippen LogP contribution in [0.15, 0.2) is 40.9 Å². The molecular weight excluding hydrogens is 334 g/mol. The number of hydrogen-bond donors (Lipinski definition) is 2. The molecule has 0 saturated heterocycles. The molecule has 0 unspecified atom stereocenters. The van der Waals surface area contributed by atoms with Gasteiger partial charge < -0.3 is 5.32 Å². The average molecular weight is 353 g/mol.